The fourth-order valence-corrected chi connectivity index (χ4v) is 8.89. The fourth-order valence-electron chi connectivity index (χ4n) is 8.89. The zero-order chi connectivity index (χ0) is 62.7. The highest BCUT2D eigenvalue weighted by molar-refractivity contribution is 6.13. The molecule has 1 aromatic heterocycles. The topological polar surface area (TPSA) is 273 Å². The number of imide groups is 1. The summed E-state index contributed by atoms with van der Waals surface area (Å²) in [7, 11) is 0. The summed E-state index contributed by atoms with van der Waals surface area (Å²) in [5, 5.41) is 21.1. The highest BCUT2D eigenvalue weighted by Crippen LogP contribution is 2.41. The van der Waals surface area contributed by atoms with E-state index in [2.05, 4.69) is 21.3 Å². The lowest BCUT2D eigenvalue weighted by Crippen LogP contribution is -2.54. The Kier molecular flexibility index (Phi) is 33.5. The van der Waals surface area contributed by atoms with Crippen molar-refractivity contribution in [3.05, 3.63) is 95.8 Å². The lowest BCUT2D eigenvalue weighted by molar-refractivity contribution is -0.140. The number of halogens is 2. The van der Waals surface area contributed by atoms with E-state index in [1.54, 1.807) is 31.0 Å². The molecule has 25 heteroatoms. The van der Waals surface area contributed by atoms with Crippen molar-refractivity contribution in [2.45, 2.75) is 85.5 Å². The van der Waals surface area contributed by atoms with Gasteiger partial charge in [0.25, 0.3) is 11.8 Å². The van der Waals surface area contributed by atoms with Crippen molar-refractivity contribution in [3.8, 4) is 11.1 Å². The molecule has 2 heterocycles. The molecule has 0 spiro atoms. The molecule has 1 aliphatic heterocycles. The van der Waals surface area contributed by atoms with Crippen LogP contribution in [0.2, 0.25) is 0 Å². The van der Waals surface area contributed by atoms with Crippen molar-refractivity contribution >= 4 is 41.4 Å². The number of aliphatic hydroxyl groups is 1. The lowest BCUT2D eigenvalue weighted by Gasteiger charge is -2.41. The van der Waals surface area contributed by atoms with Gasteiger partial charge in [-0.2, -0.15) is 0 Å². The molecule has 0 saturated heterocycles. The predicted molar refractivity (Wildman–Crippen MR) is 313 cm³/mol. The first-order valence-electron chi connectivity index (χ1n) is 29.2. The molecule has 0 bridgehead atoms. The van der Waals surface area contributed by atoms with E-state index in [-0.39, 0.29) is 76.1 Å². The molecule has 0 saturated carbocycles. The minimum Gasteiger partial charge on any atom is -0.387 e. The van der Waals surface area contributed by atoms with Crippen molar-refractivity contribution in [1.82, 2.24) is 35.6 Å². The SMILES string of the molecule is CC(C)[C@H](NC(=O)CCOCCOCCOCCOCCOCCOCCOCCOCCNC(=O)CCN1C(=O)C=CC1=O)C(=O)N[C@@H](C)C(=O)NCCCN(C(=O)CO)C(c1cc(-c2cc(F)ccc2F)cn1Cc1ccccc1)C(C)(C)C. The lowest BCUT2D eigenvalue weighted by atomic mass is 9.83. The maximum absolute atomic E-state index is 15.2. The average Bonchev–Trinajstić information content (AvgIpc) is 1.83. The third kappa shape index (κ3) is 27.0. The molecule has 478 valence electrons. The molecule has 1 unspecified atom stereocenters. The van der Waals surface area contributed by atoms with Gasteiger partial charge in [0.1, 0.15) is 30.3 Å². The summed E-state index contributed by atoms with van der Waals surface area (Å²) < 4.78 is 75.4. The molecule has 7 amide bonds. The van der Waals surface area contributed by atoms with Gasteiger partial charge in [0.2, 0.25) is 29.5 Å². The summed E-state index contributed by atoms with van der Waals surface area (Å²) in [5.41, 5.74) is 1.43. The number of ether oxygens (including phenoxy) is 8. The first-order chi connectivity index (χ1) is 41.3. The zero-order valence-corrected chi connectivity index (χ0v) is 50.6. The standard InChI is InChI=1S/C61H89F2N7O16/c1-44(2)57(67-53(73)18-23-79-25-27-81-29-31-83-33-35-85-37-38-86-36-34-84-32-30-82-28-26-80-24-20-64-52(72)17-22-69-54(74)15-16-55(69)75)60(78)66-45(3)59(77)65-19-10-21-70(56(76)43-71)58(61(4,5)6)51-39-47(49-40-48(62)13-14-50(49)63)42-68(51)41-46-11-8-7-9-12-46/h7-9,11-16,39-40,42,44-45,57-58,71H,10,17-38,41,43H2,1-6H3,(H,64,72)(H,65,77)(H,66,78)(H,67,73)/t45-,57-,58?/m0/s1. The van der Waals surface area contributed by atoms with Gasteiger partial charge < -0.3 is 73.7 Å². The second-order valence-corrected chi connectivity index (χ2v) is 21.5. The number of rotatable bonds is 45. The van der Waals surface area contributed by atoms with Crippen LogP contribution in [0, 0.1) is 23.0 Å². The van der Waals surface area contributed by atoms with E-state index in [1.807, 2.05) is 55.7 Å². The normalized spacial score (nSPS) is 13.5. The second-order valence-electron chi connectivity index (χ2n) is 21.5. The van der Waals surface area contributed by atoms with Crippen LogP contribution >= 0.6 is 0 Å². The van der Waals surface area contributed by atoms with E-state index < -0.39 is 77.2 Å². The van der Waals surface area contributed by atoms with Gasteiger partial charge in [0.05, 0.1) is 112 Å². The minimum atomic E-state index is -0.975. The molecule has 23 nitrogen and oxygen atoms in total. The number of carbonyl (C=O) groups excluding carboxylic acids is 7. The number of nitrogens with one attached hydrogen (secondary N) is 4. The number of hydrogen-bond acceptors (Lipinski definition) is 16. The number of amides is 7. The van der Waals surface area contributed by atoms with Crippen molar-refractivity contribution in [1.29, 1.82) is 0 Å². The Hall–Kier alpha value is -6.55. The van der Waals surface area contributed by atoms with Crippen LogP contribution in [0.25, 0.3) is 11.1 Å². The number of aromatic nitrogens is 1. The van der Waals surface area contributed by atoms with Gasteiger partial charge in [-0.25, -0.2) is 8.78 Å². The Morgan fingerprint density at radius 3 is 1.69 bits per heavy atom. The van der Waals surface area contributed by atoms with E-state index in [1.165, 1.54) is 19.1 Å². The summed E-state index contributed by atoms with van der Waals surface area (Å²) in [6.07, 6.45) is 4.38. The Labute approximate surface area is 503 Å². The molecule has 3 aromatic rings. The molecule has 2 aromatic carbocycles. The van der Waals surface area contributed by atoms with Gasteiger partial charge in [0, 0.05) is 80.7 Å². The van der Waals surface area contributed by atoms with Crippen LogP contribution in [0.1, 0.15) is 78.1 Å². The zero-order valence-electron chi connectivity index (χ0n) is 50.6. The molecule has 0 aliphatic carbocycles. The van der Waals surface area contributed by atoms with Gasteiger partial charge in [-0.3, -0.25) is 38.5 Å². The molecule has 4 rings (SSSR count). The monoisotopic (exact) mass is 1210 g/mol. The maximum Gasteiger partial charge on any atom is 0.253 e. The molecule has 86 heavy (non-hydrogen) atoms. The summed E-state index contributed by atoms with van der Waals surface area (Å²) in [5.74, 6) is -4.62. The summed E-state index contributed by atoms with van der Waals surface area (Å²) in [4.78, 5) is 90.5. The van der Waals surface area contributed by atoms with Crippen molar-refractivity contribution in [2.75, 3.05) is 138 Å². The van der Waals surface area contributed by atoms with Gasteiger partial charge >= 0.3 is 0 Å². The first kappa shape index (κ1) is 71.9. The Bertz CT molecular complexity index is 2560. The summed E-state index contributed by atoms with van der Waals surface area (Å²) >= 11 is 0. The van der Waals surface area contributed by atoms with E-state index in [0.29, 0.717) is 110 Å². The Balaban J connectivity index is 0.999. The molecule has 3 atom stereocenters. The third-order valence-corrected chi connectivity index (χ3v) is 13.2. The van der Waals surface area contributed by atoms with Crippen molar-refractivity contribution in [3.63, 3.8) is 0 Å². The van der Waals surface area contributed by atoms with E-state index in [9.17, 15) is 43.1 Å². The van der Waals surface area contributed by atoms with E-state index in [4.69, 9.17) is 37.9 Å². The molecule has 5 N–H and O–H groups in total. The third-order valence-electron chi connectivity index (χ3n) is 13.2. The Morgan fingerprint density at radius 2 is 1.16 bits per heavy atom. The van der Waals surface area contributed by atoms with Crippen LogP contribution in [-0.4, -0.2) is 211 Å². The van der Waals surface area contributed by atoms with E-state index >= 15 is 4.39 Å². The number of carbonyl (C=O) groups is 7. The number of benzene rings is 2. The quantitative estimate of drug-likeness (QED) is 0.0400. The van der Waals surface area contributed by atoms with Gasteiger partial charge in [-0.05, 0) is 54.5 Å². The number of nitrogens with zero attached hydrogens (tertiary/aromatic N) is 3. The molecule has 1 aliphatic rings. The van der Waals surface area contributed by atoms with Crippen LogP contribution in [-0.2, 0) is 78.0 Å². The Morgan fingerprint density at radius 1 is 0.628 bits per heavy atom. The van der Waals surface area contributed by atoms with Crippen molar-refractivity contribution in [2.24, 2.45) is 11.3 Å². The van der Waals surface area contributed by atoms with Crippen LogP contribution in [0.15, 0.2) is 72.9 Å². The number of hydrogen-bond donors (Lipinski definition) is 5. The predicted octanol–water partition coefficient (Wildman–Crippen LogP) is 3.50. The van der Waals surface area contributed by atoms with E-state index in [0.717, 1.165) is 28.7 Å². The van der Waals surface area contributed by atoms with Crippen LogP contribution in [0.5, 0.6) is 0 Å². The summed E-state index contributed by atoms with van der Waals surface area (Å²) in [6, 6.07) is 12.0. The highest BCUT2D eigenvalue weighted by atomic mass is 19.1. The van der Waals surface area contributed by atoms with Gasteiger partial charge in [-0.15, -0.1) is 0 Å². The van der Waals surface area contributed by atoms with Crippen molar-refractivity contribution < 1.29 is 85.3 Å². The van der Waals surface area contributed by atoms with Gasteiger partial charge in [-0.1, -0.05) is 65.0 Å². The van der Waals surface area contributed by atoms with Crippen LogP contribution in [0.4, 0.5) is 8.78 Å². The average molecular weight is 1210 g/mol. The van der Waals surface area contributed by atoms with Crippen LogP contribution in [0.3, 0.4) is 0 Å². The first-order valence-corrected chi connectivity index (χ1v) is 29.2. The van der Waals surface area contributed by atoms with Gasteiger partial charge in [0.15, 0.2) is 0 Å². The molecular formula is C61H89F2N7O16. The molecule has 0 radical (unpaired) electrons. The highest BCUT2D eigenvalue weighted by Gasteiger charge is 2.37. The molecule has 0 fully saturated rings. The number of aliphatic hydroxyl groups excluding tert-OH is 1. The largest absolute Gasteiger partial charge is 0.387 e. The smallest absolute Gasteiger partial charge is 0.253 e. The second kappa shape index (κ2) is 40.0. The van der Waals surface area contributed by atoms with Crippen LogP contribution < -0.4 is 21.3 Å². The fraction of sp³-hybridized carbons (Fsp3) is 0.590. The summed E-state index contributed by atoms with van der Waals surface area (Å²) in [6.45, 7) is 16.5. The maximum atomic E-state index is 15.2. The molecular weight excluding hydrogens is 1120 g/mol. The minimum absolute atomic E-state index is 0.00824.